The fourth-order valence-electron chi connectivity index (χ4n) is 4.61. The van der Waals surface area contributed by atoms with Crippen molar-refractivity contribution in [1.29, 1.82) is 0 Å². The summed E-state index contributed by atoms with van der Waals surface area (Å²) in [6.45, 7) is 4.56. The number of imidazole rings is 1. The van der Waals surface area contributed by atoms with Gasteiger partial charge in [0.15, 0.2) is 0 Å². The van der Waals surface area contributed by atoms with E-state index in [1.165, 1.54) is 48.3 Å². The van der Waals surface area contributed by atoms with Crippen LogP contribution in [0.5, 0.6) is 0 Å². The molecule has 1 aromatic carbocycles. The number of rotatable bonds is 1. The number of para-hydroxylation sites is 1. The Bertz CT molecular complexity index is 680. The molecule has 2 heterocycles. The van der Waals surface area contributed by atoms with Crippen molar-refractivity contribution in [2.75, 3.05) is 4.90 Å². The van der Waals surface area contributed by atoms with Gasteiger partial charge in [-0.05, 0) is 38.3 Å². The van der Waals surface area contributed by atoms with Crippen molar-refractivity contribution in [3.05, 3.63) is 47.5 Å². The maximum atomic E-state index is 4.81. The number of hydrogen-bond acceptors (Lipinski definition) is 2. The summed E-state index contributed by atoms with van der Waals surface area (Å²) in [5.41, 5.74) is 5.61. The van der Waals surface area contributed by atoms with Crippen molar-refractivity contribution < 1.29 is 0 Å². The second-order valence-electron chi connectivity index (χ2n) is 6.66. The molecule has 0 saturated heterocycles. The van der Waals surface area contributed by atoms with Crippen LogP contribution in [0.2, 0.25) is 0 Å². The largest absolute Gasteiger partial charge is 0.352 e. The quantitative estimate of drug-likeness (QED) is 0.785. The predicted molar refractivity (Wildman–Crippen MR) is 85.4 cm³/mol. The molecule has 21 heavy (non-hydrogen) atoms. The molecule has 1 aromatic heterocycles. The van der Waals surface area contributed by atoms with Gasteiger partial charge in [-0.2, -0.15) is 0 Å². The Morgan fingerprint density at radius 2 is 1.90 bits per heavy atom. The Balaban J connectivity index is 1.93. The average Bonchev–Trinajstić information content (AvgIpc) is 3.13. The number of aromatic nitrogens is 2. The van der Waals surface area contributed by atoms with Crippen LogP contribution in [-0.4, -0.2) is 9.55 Å². The van der Waals surface area contributed by atoms with Gasteiger partial charge in [0.2, 0.25) is 0 Å². The van der Waals surface area contributed by atoms with E-state index >= 15 is 0 Å². The van der Waals surface area contributed by atoms with Gasteiger partial charge in [0, 0.05) is 12.7 Å². The van der Waals surface area contributed by atoms with Crippen LogP contribution in [0, 0.1) is 6.92 Å². The highest BCUT2D eigenvalue weighted by molar-refractivity contribution is 5.61. The minimum atomic E-state index is 0.127. The van der Waals surface area contributed by atoms with E-state index in [4.69, 9.17) is 4.98 Å². The number of fused-ring (bicyclic) bond motifs is 2. The van der Waals surface area contributed by atoms with Crippen molar-refractivity contribution in [3.63, 3.8) is 0 Å². The van der Waals surface area contributed by atoms with Gasteiger partial charge in [-0.25, -0.2) is 4.98 Å². The monoisotopic (exact) mass is 281 g/mol. The van der Waals surface area contributed by atoms with Crippen LogP contribution in [0.25, 0.3) is 0 Å². The summed E-state index contributed by atoms with van der Waals surface area (Å²) in [4.78, 5) is 7.47. The maximum absolute atomic E-state index is 4.81. The Labute approximate surface area is 126 Å². The van der Waals surface area contributed by atoms with E-state index in [9.17, 15) is 0 Å². The zero-order valence-electron chi connectivity index (χ0n) is 13.1. The minimum absolute atomic E-state index is 0.127. The third kappa shape index (κ3) is 1.57. The molecule has 0 amide bonds. The first kappa shape index (κ1) is 12.9. The lowest BCUT2D eigenvalue weighted by molar-refractivity contribution is 0.405. The molecule has 3 heteroatoms. The van der Waals surface area contributed by atoms with Crippen molar-refractivity contribution in [3.8, 4) is 0 Å². The Hall–Kier alpha value is -1.77. The Kier molecular flexibility index (Phi) is 2.69. The smallest absolute Gasteiger partial charge is 0.0950 e. The van der Waals surface area contributed by atoms with E-state index in [0.29, 0.717) is 6.04 Å². The van der Waals surface area contributed by atoms with Crippen LogP contribution in [0.15, 0.2) is 30.6 Å². The van der Waals surface area contributed by atoms with Gasteiger partial charge in [0.05, 0.1) is 29.3 Å². The van der Waals surface area contributed by atoms with Crippen LogP contribution in [0.3, 0.4) is 0 Å². The first-order valence-electron chi connectivity index (χ1n) is 8.02. The van der Waals surface area contributed by atoms with Crippen LogP contribution in [0.1, 0.15) is 55.6 Å². The van der Waals surface area contributed by atoms with Gasteiger partial charge < -0.3 is 9.47 Å². The van der Waals surface area contributed by atoms with Crippen molar-refractivity contribution >= 4 is 5.69 Å². The molecule has 0 N–H and O–H groups in total. The molecule has 110 valence electrons. The predicted octanol–water partition coefficient (Wildman–Crippen LogP) is 4.08. The lowest BCUT2D eigenvalue weighted by atomic mass is 9.92. The molecular weight excluding hydrogens is 258 g/mol. The van der Waals surface area contributed by atoms with E-state index in [2.05, 4.69) is 54.6 Å². The number of anilines is 1. The Morgan fingerprint density at radius 1 is 1.19 bits per heavy atom. The zero-order chi connectivity index (χ0) is 14.6. The van der Waals surface area contributed by atoms with Gasteiger partial charge in [0.1, 0.15) is 0 Å². The van der Waals surface area contributed by atoms with Gasteiger partial charge in [-0.3, -0.25) is 0 Å². The van der Waals surface area contributed by atoms with Gasteiger partial charge in [-0.1, -0.05) is 31.0 Å². The lowest BCUT2D eigenvalue weighted by Crippen LogP contribution is -2.41. The zero-order valence-corrected chi connectivity index (χ0v) is 13.1. The highest BCUT2D eigenvalue weighted by atomic mass is 15.3. The first-order chi connectivity index (χ1) is 10.1. The second-order valence-corrected chi connectivity index (χ2v) is 6.66. The van der Waals surface area contributed by atoms with E-state index in [1.807, 2.05) is 6.33 Å². The van der Waals surface area contributed by atoms with Gasteiger partial charge >= 0.3 is 0 Å². The molecule has 4 rings (SSSR count). The summed E-state index contributed by atoms with van der Waals surface area (Å²) < 4.78 is 2.22. The Morgan fingerprint density at radius 3 is 2.62 bits per heavy atom. The van der Waals surface area contributed by atoms with Crippen LogP contribution in [-0.2, 0) is 12.6 Å². The van der Waals surface area contributed by atoms with Gasteiger partial charge in [-0.15, -0.1) is 0 Å². The van der Waals surface area contributed by atoms with E-state index in [0.717, 1.165) is 0 Å². The minimum Gasteiger partial charge on any atom is -0.352 e. The van der Waals surface area contributed by atoms with Crippen molar-refractivity contribution in [2.45, 2.75) is 51.1 Å². The summed E-state index contributed by atoms with van der Waals surface area (Å²) >= 11 is 0. The van der Waals surface area contributed by atoms with E-state index < -0.39 is 0 Å². The molecule has 0 unspecified atom stereocenters. The average molecular weight is 281 g/mol. The van der Waals surface area contributed by atoms with Crippen LogP contribution >= 0.6 is 0 Å². The van der Waals surface area contributed by atoms with Crippen LogP contribution < -0.4 is 4.90 Å². The fourth-order valence-corrected chi connectivity index (χ4v) is 4.61. The second kappa shape index (κ2) is 4.36. The normalized spacial score (nSPS) is 23.0. The molecule has 1 aliphatic heterocycles. The lowest BCUT2D eigenvalue weighted by Gasteiger charge is -2.40. The molecule has 2 aromatic rings. The number of benzene rings is 1. The molecular formula is C18H23N3. The third-order valence-corrected chi connectivity index (χ3v) is 5.47. The standard InChI is InChI=1S/C18H23N3/c1-13-8-4-5-9-15(13)21-14(2)16-17(19-12-20(16)3)18(21)10-6-7-11-18/h4-5,8-9,12,14H,6-7,10-11H2,1-3H3/t14-/m0/s1. The van der Waals surface area contributed by atoms with Crippen molar-refractivity contribution in [2.24, 2.45) is 7.05 Å². The molecule has 2 aliphatic rings. The number of hydrogen-bond donors (Lipinski definition) is 0. The maximum Gasteiger partial charge on any atom is 0.0950 e. The molecule has 0 bridgehead atoms. The molecule has 0 radical (unpaired) electrons. The summed E-state index contributed by atoms with van der Waals surface area (Å²) in [5.74, 6) is 0. The van der Waals surface area contributed by atoms with Crippen molar-refractivity contribution in [1.82, 2.24) is 9.55 Å². The summed E-state index contributed by atoms with van der Waals surface area (Å²) in [6.07, 6.45) is 7.08. The summed E-state index contributed by atoms with van der Waals surface area (Å²) in [5, 5.41) is 0. The van der Waals surface area contributed by atoms with E-state index in [-0.39, 0.29) is 5.54 Å². The third-order valence-electron chi connectivity index (χ3n) is 5.47. The molecule has 1 aliphatic carbocycles. The number of aryl methyl sites for hydroxylation is 2. The fraction of sp³-hybridized carbons (Fsp3) is 0.500. The van der Waals surface area contributed by atoms with Crippen LogP contribution in [0.4, 0.5) is 5.69 Å². The summed E-state index contributed by atoms with van der Waals surface area (Å²) in [6, 6.07) is 9.19. The van der Waals surface area contributed by atoms with E-state index in [1.54, 1.807) is 0 Å². The summed E-state index contributed by atoms with van der Waals surface area (Å²) in [7, 11) is 2.13. The topological polar surface area (TPSA) is 21.1 Å². The molecule has 1 saturated carbocycles. The highest BCUT2D eigenvalue weighted by Crippen LogP contribution is 2.55. The SMILES string of the molecule is Cc1ccccc1N1[C@@H](C)c2c(ncn2C)C12CCCC2. The van der Waals surface area contributed by atoms with Gasteiger partial charge in [0.25, 0.3) is 0 Å². The molecule has 1 atom stereocenters. The number of nitrogens with zero attached hydrogens (tertiary/aromatic N) is 3. The molecule has 1 spiro atoms. The molecule has 3 nitrogen and oxygen atoms in total. The highest BCUT2D eigenvalue weighted by Gasteiger charge is 2.53. The molecule has 1 fully saturated rings. The first-order valence-corrected chi connectivity index (χ1v) is 8.02.